The lowest BCUT2D eigenvalue weighted by Gasteiger charge is -2.27. The lowest BCUT2D eigenvalue weighted by atomic mass is 9.89. The van der Waals surface area contributed by atoms with Gasteiger partial charge in [-0.15, -0.1) is 0 Å². The van der Waals surface area contributed by atoms with Crippen molar-refractivity contribution in [3.05, 3.63) is 0 Å². The zero-order valence-corrected chi connectivity index (χ0v) is 10.3. The first kappa shape index (κ1) is 13.3. The van der Waals surface area contributed by atoms with Gasteiger partial charge in [-0.05, 0) is 31.6 Å². The summed E-state index contributed by atoms with van der Waals surface area (Å²) in [4.78, 5) is 10.3. The Kier molecular flexibility index (Phi) is 4.58. The Labute approximate surface area is 96.1 Å². The molecule has 2 N–H and O–H groups in total. The van der Waals surface area contributed by atoms with Crippen LogP contribution in [-0.4, -0.2) is 37.2 Å². The molecular weight excluding hydrogens is 230 g/mol. The van der Waals surface area contributed by atoms with E-state index < -0.39 is 15.9 Å². The average Bonchev–Trinajstić information content (AvgIpc) is 2.27. The minimum absolute atomic E-state index is 0.204. The third-order valence-electron chi connectivity index (χ3n) is 3.25. The number of hydrogen-bond donors (Lipinski definition) is 2. The van der Waals surface area contributed by atoms with Crippen molar-refractivity contribution in [1.82, 2.24) is 5.32 Å². The van der Waals surface area contributed by atoms with E-state index in [0.29, 0.717) is 25.3 Å². The number of nitrogens with one attached hydrogen (secondary N) is 1. The molecule has 0 aliphatic heterocycles. The third kappa shape index (κ3) is 3.66. The second kappa shape index (κ2) is 5.52. The Morgan fingerprint density at radius 1 is 1.31 bits per heavy atom. The predicted octanol–water partition coefficient (Wildman–Crippen LogP) is 1.25. The first-order chi connectivity index (χ1) is 7.45. The van der Waals surface area contributed by atoms with Crippen LogP contribution in [0.2, 0.25) is 0 Å². The Hall–Kier alpha value is -0.780. The summed E-state index contributed by atoms with van der Waals surface area (Å²) in [5, 5.41) is 10.6. The van der Waals surface area contributed by atoms with Gasteiger partial charge in [-0.2, -0.15) is 0 Å². The van der Waals surface area contributed by atoms with Crippen molar-refractivity contribution in [2.24, 2.45) is 5.92 Å². The summed E-state index contributed by atoms with van der Waals surface area (Å²) in [7, 11) is -2.91. The van der Waals surface area contributed by atoms with Crippen LogP contribution in [-0.2, 0) is 9.84 Å². The standard InChI is InChI=1S/C10H19NO4S/c1-2-16(14,15)9-5-3-8(4-6-9)7-11-10(12)13/h8-9,11H,2-7H2,1H3,(H,12,13). The van der Waals surface area contributed by atoms with Crippen molar-refractivity contribution in [2.75, 3.05) is 12.3 Å². The summed E-state index contributed by atoms with van der Waals surface area (Å²) in [6.45, 7) is 2.11. The van der Waals surface area contributed by atoms with Crippen LogP contribution in [0.4, 0.5) is 4.79 Å². The number of rotatable bonds is 4. The van der Waals surface area contributed by atoms with Gasteiger partial charge in [0.1, 0.15) is 0 Å². The van der Waals surface area contributed by atoms with Gasteiger partial charge in [0, 0.05) is 12.3 Å². The summed E-state index contributed by atoms with van der Waals surface area (Å²) in [5.74, 6) is 0.495. The van der Waals surface area contributed by atoms with Crippen LogP contribution in [0.5, 0.6) is 0 Å². The second-order valence-corrected chi connectivity index (χ2v) is 6.85. The molecule has 0 atom stereocenters. The summed E-state index contributed by atoms with van der Waals surface area (Å²) in [6.07, 6.45) is 1.92. The zero-order valence-electron chi connectivity index (χ0n) is 9.48. The molecule has 1 aliphatic carbocycles. The monoisotopic (exact) mass is 249 g/mol. The highest BCUT2D eigenvalue weighted by molar-refractivity contribution is 7.92. The van der Waals surface area contributed by atoms with Gasteiger partial charge < -0.3 is 10.4 Å². The molecule has 16 heavy (non-hydrogen) atoms. The third-order valence-corrected chi connectivity index (χ3v) is 5.54. The molecule has 94 valence electrons. The minimum Gasteiger partial charge on any atom is -0.465 e. The predicted molar refractivity (Wildman–Crippen MR) is 61.2 cm³/mol. The molecule has 0 radical (unpaired) electrons. The number of hydrogen-bond acceptors (Lipinski definition) is 3. The molecule has 1 aliphatic rings. The summed E-state index contributed by atoms with van der Waals surface area (Å²) < 4.78 is 23.2. The van der Waals surface area contributed by atoms with Crippen molar-refractivity contribution in [3.8, 4) is 0 Å². The van der Waals surface area contributed by atoms with Gasteiger partial charge in [0.15, 0.2) is 9.84 Å². The maximum atomic E-state index is 11.6. The molecule has 0 heterocycles. The normalized spacial score (nSPS) is 26.3. The molecule has 0 aromatic carbocycles. The van der Waals surface area contributed by atoms with Crippen LogP contribution in [0, 0.1) is 5.92 Å². The molecule has 0 spiro atoms. The topological polar surface area (TPSA) is 83.5 Å². The number of carboxylic acid groups (broad SMARTS) is 1. The van der Waals surface area contributed by atoms with Gasteiger partial charge in [0.05, 0.1) is 5.25 Å². The molecule has 6 heteroatoms. The van der Waals surface area contributed by atoms with Crippen LogP contribution >= 0.6 is 0 Å². The molecule has 0 aromatic heterocycles. The molecule has 1 fully saturated rings. The first-order valence-electron chi connectivity index (χ1n) is 5.64. The van der Waals surface area contributed by atoms with Crippen molar-refractivity contribution < 1.29 is 18.3 Å². The summed E-state index contributed by atoms with van der Waals surface area (Å²) in [5.41, 5.74) is 0. The van der Waals surface area contributed by atoms with Crippen LogP contribution in [0.15, 0.2) is 0 Å². The fourth-order valence-corrected chi connectivity index (χ4v) is 3.62. The van der Waals surface area contributed by atoms with E-state index in [1.165, 1.54) is 0 Å². The highest BCUT2D eigenvalue weighted by atomic mass is 32.2. The number of carbonyl (C=O) groups is 1. The summed E-state index contributed by atoms with van der Waals surface area (Å²) >= 11 is 0. The van der Waals surface area contributed by atoms with Gasteiger partial charge >= 0.3 is 6.09 Å². The Bertz CT molecular complexity index is 331. The molecule has 1 rings (SSSR count). The highest BCUT2D eigenvalue weighted by Gasteiger charge is 2.29. The molecule has 5 nitrogen and oxygen atoms in total. The Balaban J connectivity index is 2.37. The van der Waals surface area contributed by atoms with E-state index >= 15 is 0 Å². The van der Waals surface area contributed by atoms with Gasteiger partial charge in [0.2, 0.25) is 0 Å². The van der Waals surface area contributed by atoms with E-state index in [0.717, 1.165) is 12.8 Å². The molecule has 1 saturated carbocycles. The maximum absolute atomic E-state index is 11.6. The SMILES string of the molecule is CCS(=O)(=O)C1CCC(CNC(=O)O)CC1. The van der Waals surface area contributed by atoms with E-state index in [1.807, 2.05) is 0 Å². The van der Waals surface area contributed by atoms with Crippen LogP contribution < -0.4 is 5.32 Å². The van der Waals surface area contributed by atoms with E-state index in [1.54, 1.807) is 6.92 Å². The van der Waals surface area contributed by atoms with Crippen LogP contribution in [0.25, 0.3) is 0 Å². The van der Waals surface area contributed by atoms with Crippen molar-refractivity contribution >= 4 is 15.9 Å². The van der Waals surface area contributed by atoms with Crippen molar-refractivity contribution in [3.63, 3.8) is 0 Å². The smallest absolute Gasteiger partial charge is 0.404 e. The maximum Gasteiger partial charge on any atom is 0.404 e. The van der Waals surface area contributed by atoms with Crippen molar-refractivity contribution in [2.45, 2.75) is 37.9 Å². The lowest BCUT2D eigenvalue weighted by Crippen LogP contribution is -2.34. The van der Waals surface area contributed by atoms with E-state index in [4.69, 9.17) is 5.11 Å². The molecule has 0 unspecified atom stereocenters. The highest BCUT2D eigenvalue weighted by Crippen LogP contribution is 2.28. The fourth-order valence-electron chi connectivity index (χ4n) is 2.16. The molecule has 0 saturated heterocycles. The van der Waals surface area contributed by atoms with E-state index in [-0.39, 0.29) is 11.0 Å². The van der Waals surface area contributed by atoms with Crippen LogP contribution in [0.1, 0.15) is 32.6 Å². The quantitative estimate of drug-likeness (QED) is 0.785. The first-order valence-corrected chi connectivity index (χ1v) is 7.35. The number of sulfone groups is 1. The minimum atomic E-state index is -2.91. The van der Waals surface area contributed by atoms with Gasteiger partial charge in [-0.1, -0.05) is 6.92 Å². The Morgan fingerprint density at radius 2 is 1.88 bits per heavy atom. The lowest BCUT2D eigenvalue weighted by molar-refractivity contribution is 0.190. The average molecular weight is 249 g/mol. The zero-order chi connectivity index (χ0) is 12.2. The van der Waals surface area contributed by atoms with E-state index in [2.05, 4.69) is 5.32 Å². The second-order valence-electron chi connectivity index (χ2n) is 4.28. The van der Waals surface area contributed by atoms with Gasteiger partial charge in [0.25, 0.3) is 0 Å². The molecule has 1 amide bonds. The molecule has 0 aromatic rings. The fraction of sp³-hybridized carbons (Fsp3) is 0.900. The van der Waals surface area contributed by atoms with Gasteiger partial charge in [-0.25, -0.2) is 13.2 Å². The van der Waals surface area contributed by atoms with Gasteiger partial charge in [-0.3, -0.25) is 0 Å². The largest absolute Gasteiger partial charge is 0.465 e. The van der Waals surface area contributed by atoms with E-state index in [9.17, 15) is 13.2 Å². The number of amides is 1. The molecule has 0 bridgehead atoms. The Morgan fingerprint density at radius 3 is 2.31 bits per heavy atom. The summed E-state index contributed by atoms with van der Waals surface area (Å²) in [6, 6.07) is 0. The van der Waals surface area contributed by atoms with Crippen molar-refractivity contribution in [1.29, 1.82) is 0 Å². The van der Waals surface area contributed by atoms with Crippen LogP contribution in [0.3, 0.4) is 0 Å². The molecular formula is C10H19NO4S.